The van der Waals surface area contributed by atoms with Crippen molar-refractivity contribution in [1.29, 1.82) is 0 Å². The predicted octanol–water partition coefficient (Wildman–Crippen LogP) is 4.14. The molecule has 0 radical (unpaired) electrons. The first-order valence-electron chi connectivity index (χ1n) is 11.0. The number of hydrogen-bond acceptors (Lipinski definition) is 4. The van der Waals surface area contributed by atoms with Crippen LogP contribution in [-0.2, 0) is 17.6 Å². The van der Waals surface area contributed by atoms with Gasteiger partial charge in [0, 0.05) is 18.8 Å². The zero-order chi connectivity index (χ0) is 21.1. The van der Waals surface area contributed by atoms with Crippen molar-refractivity contribution in [2.24, 2.45) is 0 Å². The van der Waals surface area contributed by atoms with Crippen molar-refractivity contribution in [2.45, 2.75) is 52.5 Å². The molecule has 1 saturated heterocycles. The fraction of sp³-hybridized carbons (Fsp3) is 0.458. The number of likely N-dealkylation sites (tertiary alicyclic amines) is 1. The smallest absolute Gasteiger partial charge is 0.238 e. The van der Waals surface area contributed by atoms with E-state index in [4.69, 9.17) is 0 Å². The summed E-state index contributed by atoms with van der Waals surface area (Å²) < 4.78 is 2.07. The Morgan fingerprint density at radius 3 is 2.47 bits per heavy atom. The van der Waals surface area contributed by atoms with Crippen LogP contribution < -0.4 is 5.32 Å². The Morgan fingerprint density at radius 1 is 1.10 bits per heavy atom. The minimum Gasteiger partial charge on any atom is -0.324 e. The van der Waals surface area contributed by atoms with Crippen LogP contribution in [0.2, 0.25) is 0 Å². The van der Waals surface area contributed by atoms with Crippen molar-refractivity contribution < 1.29 is 4.79 Å². The van der Waals surface area contributed by atoms with E-state index in [2.05, 4.69) is 82.4 Å². The van der Waals surface area contributed by atoms with Crippen LogP contribution in [0.3, 0.4) is 0 Å². The summed E-state index contributed by atoms with van der Waals surface area (Å²) in [5.74, 6) is 0.0748. The second kappa shape index (κ2) is 8.96. The average Bonchev–Trinajstić information content (AvgIpc) is 3.17. The number of aryl methyl sites for hydroxylation is 3. The fourth-order valence-corrected chi connectivity index (χ4v) is 4.43. The number of rotatable bonds is 6. The summed E-state index contributed by atoms with van der Waals surface area (Å²) in [5.41, 5.74) is 6.67. The van der Waals surface area contributed by atoms with Crippen LogP contribution in [0.5, 0.6) is 0 Å². The minimum atomic E-state index is 0.0748. The van der Waals surface area contributed by atoms with Crippen molar-refractivity contribution in [1.82, 2.24) is 19.9 Å². The van der Waals surface area contributed by atoms with Gasteiger partial charge in [0.2, 0.25) is 5.91 Å². The highest BCUT2D eigenvalue weighted by molar-refractivity contribution is 5.93. The number of carbonyl (C=O) groups excluding carboxylic acids is 1. The van der Waals surface area contributed by atoms with Crippen LogP contribution in [0.1, 0.15) is 49.4 Å². The molecule has 0 spiro atoms. The summed E-state index contributed by atoms with van der Waals surface area (Å²) in [7, 11) is 0. The van der Waals surface area contributed by atoms with Crippen LogP contribution in [0, 0.1) is 6.92 Å². The Morgan fingerprint density at radius 2 is 1.80 bits per heavy atom. The topological polar surface area (TPSA) is 63.1 Å². The number of hydrogen-bond donors (Lipinski definition) is 1. The lowest BCUT2D eigenvalue weighted by atomic mass is 10.0. The third-order valence-corrected chi connectivity index (χ3v) is 6.16. The number of benzene rings is 2. The molecular formula is C24H31N5O. The van der Waals surface area contributed by atoms with Gasteiger partial charge in [-0.1, -0.05) is 43.3 Å². The lowest BCUT2D eigenvalue weighted by Crippen LogP contribution is -2.40. The van der Waals surface area contributed by atoms with E-state index in [-0.39, 0.29) is 5.91 Å². The molecule has 0 aliphatic carbocycles. The van der Waals surface area contributed by atoms with Crippen LogP contribution in [-0.4, -0.2) is 45.4 Å². The number of amides is 1. The Balaban J connectivity index is 1.36. The van der Waals surface area contributed by atoms with Gasteiger partial charge in [0.15, 0.2) is 0 Å². The molecule has 6 nitrogen and oxygen atoms in total. The molecule has 6 heteroatoms. The number of nitrogens with zero attached hydrogens (tertiary/aromatic N) is 4. The Hall–Kier alpha value is -2.73. The lowest BCUT2D eigenvalue weighted by Gasteiger charge is -2.31. The van der Waals surface area contributed by atoms with E-state index in [0.29, 0.717) is 12.6 Å². The number of carbonyl (C=O) groups is 1. The van der Waals surface area contributed by atoms with Gasteiger partial charge in [-0.05, 0) is 61.4 Å². The molecule has 1 aliphatic rings. The molecule has 2 aromatic carbocycles. The van der Waals surface area contributed by atoms with Crippen LogP contribution >= 0.6 is 0 Å². The molecule has 0 unspecified atom stereocenters. The van der Waals surface area contributed by atoms with E-state index in [0.717, 1.165) is 55.5 Å². The molecule has 0 atom stereocenters. The molecule has 2 heterocycles. The first-order chi connectivity index (χ1) is 14.6. The molecule has 30 heavy (non-hydrogen) atoms. The number of anilines is 1. The molecule has 4 rings (SSSR count). The van der Waals surface area contributed by atoms with Gasteiger partial charge < -0.3 is 5.32 Å². The van der Waals surface area contributed by atoms with Gasteiger partial charge in [-0.2, -0.15) is 0 Å². The normalized spacial score (nSPS) is 15.6. The molecule has 1 aromatic heterocycles. The van der Waals surface area contributed by atoms with E-state index in [1.165, 1.54) is 16.7 Å². The maximum Gasteiger partial charge on any atom is 0.238 e. The van der Waals surface area contributed by atoms with Gasteiger partial charge in [0.25, 0.3) is 0 Å². The molecule has 0 saturated carbocycles. The number of nitrogens with one attached hydrogen (secondary N) is 1. The quantitative estimate of drug-likeness (QED) is 0.669. The van der Waals surface area contributed by atoms with Crippen LogP contribution in [0.25, 0.3) is 11.0 Å². The van der Waals surface area contributed by atoms with Gasteiger partial charge in [-0.15, -0.1) is 5.10 Å². The Labute approximate surface area is 178 Å². The SMILES string of the molecule is CCc1cccc(CC)c1NC(=O)CN1CCC(n2nnc3cc(C)ccc32)CC1. The average molecular weight is 406 g/mol. The van der Waals surface area contributed by atoms with E-state index in [1.54, 1.807) is 0 Å². The summed E-state index contributed by atoms with van der Waals surface area (Å²) in [6.45, 7) is 8.55. The van der Waals surface area contributed by atoms with Crippen LogP contribution in [0.15, 0.2) is 36.4 Å². The monoisotopic (exact) mass is 405 g/mol. The minimum absolute atomic E-state index is 0.0748. The van der Waals surface area contributed by atoms with Crippen molar-refractivity contribution in [3.8, 4) is 0 Å². The van der Waals surface area contributed by atoms with Gasteiger partial charge in [-0.25, -0.2) is 4.68 Å². The van der Waals surface area contributed by atoms with Gasteiger partial charge in [0.05, 0.1) is 18.1 Å². The highest BCUT2D eigenvalue weighted by Gasteiger charge is 2.24. The van der Waals surface area contributed by atoms with Gasteiger partial charge in [0.1, 0.15) is 5.52 Å². The van der Waals surface area contributed by atoms with E-state index < -0.39 is 0 Å². The van der Waals surface area contributed by atoms with Gasteiger partial charge >= 0.3 is 0 Å². The highest BCUT2D eigenvalue weighted by atomic mass is 16.2. The fourth-order valence-electron chi connectivity index (χ4n) is 4.43. The highest BCUT2D eigenvalue weighted by Crippen LogP contribution is 2.26. The van der Waals surface area contributed by atoms with E-state index in [9.17, 15) is 4.79 Å². The number of fused-ring (bicyclic) bond motifs is 1. The van der Waals surface area contributed by atoms with Crippen molar-refractivity contribution in [3.05, 3.63) is 53.1 Å². The van der Waals surface area contributed by atoms with Gasteiger partial charge in [-0.3, -0.25) is 9.69 Å². The summed E-state index contributed by atoms with van der Waals surface area (Å²) in [5, 5.41) is 11.9. The zero-order valence-electron chi connectivity index (χ0n) is 18.2. The predicted molar refractivity (Wildman–Crippen MR) is 121 cm³/mol. The maximum absolute atomic E-state index is 12.8. The Kier molecular flexibility index (Phi) is 6.13. The number of para-hydroxylation sites is 1. The molecule has 0 bridgehead atoms. The summed E-state index contributed by atoms with van der Waals surface area (Å²) in [6.07, 6.45) is 3.79. The molecule has 1 fully saturated rings. The zero-order valence-corrected chi connectivity index (χ0v) is 18.2. The number of aromatic nitrogens is 3. The largest absolute Gasteiger partial charge is 0.324 e. The first kappa shape index (κ1) is 20.5. The second-order valence-corrected chi connectivity index (χ2v) is 8.24. The van der Waals surface area contributed by atoms with Crippen LogP contribution in [0.4, 0.5) is 5.69 Å². The molecular weight excluding hydrogens is 374 g/mol. The molecule has 158 valence electrons. The van der Waals surface area contributed by atoms with Crippen molar-refractivity contribution in [2.75, 3.05) is 25.0 Å². The van der Waals surface area contributed by atoms with Crippen molar-refractivity contribution in [3.63, 3.8) is 0 Å². The third-order valence-electron chi connectivity index (χ3n) is 6.16. The summed E-state index contributed by atoms with van der Waals surface area (Å²) in [6, 6.07) is 12.9. The van der Waals surface area contributed by atoms with Crippen molar-refractivity contribution >= 4 is 22.6 Å². The number of piperidine rings is 1. The molecule has 1 aliphatic heterocycles. The van der Waals surface area contributed by atoms with E-state index in [1.807, 2.05) is 0 Å². The van der Waals surface area contributed by atoms with E-state index >= 15 is 0 Å². The Bertz CT molecular complexity index is 1010. The standard InChI is InChI=1S/C24H31N5O/c1-4-18-7-6-8-19(5-2)24(18)25-23(30)16-28-13-11-20(12-14-28)29-22-10-9-17(3)15-21(22)26-27-29/h6-10,15,20H,4-5,11-14,16H2,1-3H3,(H,25,30). The molecule has 3 aromatic rings. The lowest BCUT2D eigenvalue weighted by molar-refractivity contribution is -0.117. The maximum atomic E-state index is 12.8. The molecule has 1 amide bonds. The molecule has 1 N–H and O–H groups in total. The third kappa shape index (κ3) is 4.24. The summed E-state index contributed by atoms with van der Waals surface area (Å²) >= 11 is 0. The summed E-state index contributed by atoms with van der Waals surface area (Å²) in [4.78, 5) is 15.0. The first-order valence-corrected chi connectivity index (χ1v) is 11.0. The second-order valence-electron chi connectivity index (χ2n) is 8.24.